The maximum Gasteiger partial charge on any atom is 0.317 e. The molecular formula is C29H33FN8O3. The number of nitrogens with zero attached hydrogens (tertiary/aromatic N) is 6. The number of ether oxygens (including phenoxy) is 1. The molecule has 0 saturated carbocycles. The number of hydrogen-bond donors (Lipinski definition) is 2. The summed E-state index contributed by atoms with van der Waals surface area (Å²) in [5, 5.41) is 11.7. The van der Waals surface area contributed by atoms with Gasteiger partial charge in [0.25, 0.3) is 11.8 Å². The van der Waals surface area contributed by atoms with Crippen LogP contribution in [-0.2, 0) is 11.8 Å². The summed E-state index contributed by atoms with van der Waals surface area (Å²) in [4.78, 5) is 39.1. The molecule has 214 valence electrons. The van der Waals surface area contributed by atoms with Gasteiger partial charge in [-0.15, -0.1) is 0 Å². The molecule has 4 aromatic rings. The van der Waals surface area contributed by atoms with Gasteiger partial charge in [0.05, 0.1) is 11.1 Å². The van der Waals surface area contributed by atoms with Crippen LogP contribution in [0.3, 0.4) is 0 Å². The molecule has 2 aliphatic rings. The standard InChI is InChI=1S/C29H33FN8O3/c1-17-13-38(14-18(2)32-17)24-7-6-21(28(40)33-20-10-19-15-36(3)35-26(19)23(30)11-20)27-22(24)12-31-29(34-27)41-16-25(39)37-8-4-5-9-37/h6-7,10-12,15,17-18,32H,4-5,8-9,13-14,16H2,1-3H3,(H,33,40). The van der Waals surface area contributed by atoms with Crippen LogP contribution in [0, 0.1) is 5.82 Å². The number of likely N-dealkylation sites (tertiary alicyclic amines) is 1. The number of halogens is 1. The minimum atomic E-state index is -0.527. The van der Waals surface area contributed by atoms with Crippen molar-refractivity contribution in [3.8, 4) is 6.01 Å². The van der Waals surface area contributed by atoms with Crippen molar-refractivity contribution < 1.29 is 18.7 Å². The summed E-state index contributed by atoms with van der Waals surface area (Å²) in [5.74, 6) is -1.10. The van der Waals surface area contributed by atoms with Gasteiger partial charge in [-0.25, -0.2) is 9.37 Å². The molecule has 0 bridgehead atoms. The van der Waals surface area contributed by atoms with Gasteiger partial charge >= 0.3 is 6.01 Å². The number of carbonyl (C=O) groups is 2. The van der Waals surface area contributed by atoms with Crippen LogP contribution in [0.5, 0.6) is 6.01 Å². The number of aryl methyl sites for hydroxylation is 1. The average molecular weight is 561 g/mol. The predicted molar refractivity (Wildman–Crippen MR) is 154 cm³/mol. The van der Waals surface area contributed by atoms with Crippen LogP contribution < -0.4 is 20.3 Å². The highest BCUT2D eigenvalue weighted by atomic mass is 19.1. The SMILES string of the molecule is CC1CN(c2ccc(C(=O)Nc3cc(F)c4nn(C)cc4c3)c3nc(OCC(=O)N4CCCC4)ncc23)CC(C)N1. The third-order valence-electron chi connectivity index (χ3n) is 7.57. The highest BCUT2D eigenvalue weighted by molar-refractivity contribution is 6.14. The first kappa shape index (κ1) is 26.9. The van der Waals surface area contributed by atoms with Crippen LogP contribution in [0.1, 0.15) is 37.0 Å². The van der Waals surface area contributed by atoms with Gasteiger partial charge in [0, 0.05) is 79.9 Å². The van der Waals surface area contributed by atoms with E-state index in [2.05, 4.69) is 44.4 Å². The van der Waals surface area contributed by atoms with Crippen LogP contribution in [0.2, 0.25) is 0 Å². The maximum atomic E-state index is 14.7. The fourth-order valence-corrected chi connectivity index (χ4v) is 5.81. The van der Waals surface area contributed by atoms with Crippen molar-refractivity contribution in [1.29, 1.82) is 0 Å². The highest BCUT2D eigenvalue weighted by Crippen LogP contribution is 2.31. The zero-order valence-corrected chi connectivity index (χ0v) is 23.4. The number of nitrogens with one attached hydrogen (secondary N) is 2. The summed E-state index contributed by atoms with van der Waals surface area (Å²) in [6.45, 7) is 7.08. The van der Waals surface area contributed by atoms with E-state index in [9.17, 15) is 14.0 Å². The molecule has 0 radical (unpaired) electrons. The van der Waals surface area contributed by atoms with Crippen molar-refractivity contribution in [1.82, 2.24) is 30.0 Å². The Morgan fingerprint density at radius 2 is 1.88 bits per heavy atom. The van der Waals surface area contributed by atoms with Gasteiger partial charge in [0.15, 0.2) is 12.4 Å². The van der Waals surface area contributed by atoms with E-state index in [1.54, 1.807) is 36.5 Å². The van der Waals surface area contributed by atoms with E-state index in [1.807, 2.05) is 6.07 Å². The molecule has 2 atom stereocenters. The smallest absolute Gasteiger partial charge is 0.317 e. The Bertz CT molecular complexity index is 1620. The van der Waals surface area contributed by atoms with Crippen molar-refractivity contribution in [3.05, 3.63) is 48.0 Å². The second-order valence-electron chi connectivity index (χ2n) is 11.0. The Labute approximate surface area is 236 Å². The summed E-state index contributed by atoms with van der Waals surface area (Å²) in [6.07, 6.45) is 5.30. The van der Waals surface area contributed by atoms with Crippen LogP contribution in [0.15, 0.2) is 36.7 Å². The number of aromatic nitrogens is 4. The molecule has 2 N–H and O–H groups in total. The number of fused-ring (bicyclic) bond motifs is 2. The first-order valence-corrected chi connectivity index (χ1v) is 13.9. The van der Waals surface area contributed by atoms with Crippen LogP contribution in [0.25, 0.3) is 21.8 Å². The van der Waals surface area contributed by atoms with Crippen molar-refractivity contribution in [3.63, 3.8) is 0 Å². The Balaban J connectivity index is 1.34. The molecule has 6 rings (SSSR count). The first-order valence-electron chi connectivity index (χ1n) is 13.9. The van der Waals surface area contributed by atoms with Crippen molar-refractivity contribution >= 4 is 45.0 Å². The van der Waals surface area contributed by atoms with Gasteiger partial charge in [-0.3, -0.25) is 14.3 Å². The molecule has 2 fully saturated rings. The fourth-order valence-electron chi connectivity index (χ4n) is 5.81. The predicted octanol–water partition coefficient (Wildman–Crippen LogP) is 3.10. The zero-order chi connectivity index (χ0) is 28.7. The number of benzene rings is 2. The number of hydrogen-bond acceptors (Lipinski definition) is 8. The fraction of sp³-hybridized carbons (Fsp3) is 0.414. The summed E-state index contributed by atoms with van der Waals surface area (Å²) in [5.41, 5.74) is 2.11. The number of amides is 2. The van der Waals surface area contributed by atoms with Crippen LogP contribution in [0.4, 0.5) is 15.8 Å². The molecule has 0 spiro atoms. The summed E-state index contributed by atoms with van der Waals surface area (Å²) < 4.78 is 21.9. The van der Waals surface area contributed by atoms with Crippen LogP contribution >= 0.6 is 0 Å². The van der Waals surface area contributed by atoms with Gasteiger partial charge in [-0.2, -0.15) is 10.1 Å². The molecule has 0 aliphatic carbocycles. The molecule has 2 aliphatic heterocycles. The lowest BCUT2D eigenvalue weighted by molar-refractivity contribution is -0.132. The number of rotatable bonds is 6. The minimum absolute atomic E-state index is 0.0149. The quantitative estimate of drug-likeness (QED) is 0.370. The molecule has 2 saturated heterocycles. The van der Waals surface area contributed by atoms with E-state index in [-0.39, 0.29) is 41.7 Å². The first-order chi connectivity index (χ1) is 19.7. The third-order valence-corrected chi connectivity index (χ3v) is 7.57. The Hall–Kier alpha value is -4.32. The number of carbonyl (C=O) groups excluding carboxylic acids is 2. The van der Waals surface area contributed by atoms with E-state index in [1.165, 1.54) is 10.7 Å². The summed E-state index contributed by atoms with van der Waals surface area (Å²) >= 11 is 0. The molecule has 2 amide bonds. The second kappa shape index (κ2) is 10.9. The van der Waals surface area contributed by atoms with E-state index in [0.717, 1.165) is 44.7 Å². The minimum Gasteiger partial charge on any atom is -0.453 e. The molecule has 4 heterocycles. The van der Waals surface area contributed by atoms with E-state index < -0.39 is 11.7 Å². The monoisotopic (exact) mass is 560 g/mol. The van der Waals surface area contributed by atoms with Crippen molar-refractivity contribution in [2.24, 2.45) is 7.05 Å². The van der Waals surface area contributed by atoms with Crippen molar-refractivity contribution in [2.45, 2.75) is 38.8 Å². The lowest BCUT2D eigenvalue weighted by Crippen LogP contribution is -2.54. The molecule has 11 nitrogen and oxygen atoms in total. The lowest BCUT2D eigenvalue weighted by atomic mass is 10.0. The van der Waals surface area contributed by atoms with E-state index in [0.29, 0.717) is 22.0 Å². The van der Waals surface area contributed by atoms with E-state index in [4.69, 9.17) is 4.74 Å². The Morgan fingerprint density at radius 3 is 2.63 bits per heavy atom. The van der Waals surface area contributed by atoms with Crippen molar-refractivity contribution in [2.75, 3.05) is 43.0 Å². The average Bonchev–Trinajstić information content (AvgIpc) is 3.60. The van der Waals surface area contributed by atoms with E-state index >= 15 is 0 Å². The second-order valence-corrected chi connectivity index (χ2v) is 11.0. The summed E-state index contributed by atoms with van der Waals surface area (Å²) in [6, 6.07) is 7.10. The lowest BCUT2D eigenvalue weighted by Gasteiger charge is -2.38. The van der Waals surface area contributed by atoms with Gasteiger partial charge in [-0.05, 0) is 51.0 Å². The largest absolute Gasteiger partial charge is 0.453 e. The van der Waals surface area contributed by atoms with Gasteiger partial charge < -0.3 is 25.2 Å². The highest BCUT2D eigenvalue weighted by Gasteiger charge is 2.25. The molecule has 2 unspecified atom stereocenters. The van der Waals surface area contributed by atoms with Crippen LogP contribution in [-0.4, -0.2) is 81.3 Å². The molecule has 2 aromatic carbocycles. The third kappa shape index (κ3) is 5.51. The molecule has 2 aromatic heterocycles. The topological polar surface area (TPSA) is 118 Å². The summed E-state index contributed by atoms with van der Waals surface area (Å²) in [7, 11) is 1.71. The van der Waals surface area contributed by atoms with Gasteiger partial charge in [0.2, 0.25) is 0 Å². The van der Waals surface area contributed by atoms with Gasteiger partial charge in [0.1, 0.15) is 5.52 Å². The molecule has 41 heavy (non-hydrogen) atoms. The Morgan fingerprint density at radius 1 is 1.12 bits per heavy atom. The normalized spacial score (nSPS) is 19.2. The number of piperazine rings is 1. The Kier molecular flexibility index (Phi) is 7.16. The zero-order valence-electron chi connectivity index (χ0n) is 23.4. The van der Waals surface area contributed by atoms with Gasteiger partial charge in [-0.1, -0.05) is 0 Å². The molecular weight excluding hydrogens is 527 g/mol. The molecule has 12 heteroatoms. The number of anilines is 2. The maximum absolute atomic E-state index is 14.7.